The number of nitrogens with zero attached hydrogens (tertiary/aromatic N) is 2. The molecule has 0 N–H and O–H groups in total. The third-order valence-corrected chi connectivity index (χ3v) is 7.72. The Morgan fingerprint density at radius 1 is 0.395 bits per heavy atom. The summed E-state index contributed by atoms with van der Waals surface area (Å²) >= 11 is 0. The number of hydrogen-bond acceptors (Lipinski definition) is 5. The van der Waals surface area contributed by atoms with Crippen molar-refractivity contribution in [1.82, 2.24) is 0 Å². The number of aryl methyl sites for hydroxylation is 5. The maximum Gasteiger partial charge on any atom is 0.146 e. The standard InChI is InChI=1S/C38H40N2O3/c1-25-9-13-30(14-10-25)39(31-15-11-26(2)12-16-31)32-17-19-33(20-18-32)40(37-28(4)23-34(41-6)24-29(37)5)38-35(42-7)21-27(3)22-36(38)43-8/h9-24H,1-8H3. The molecule has 0 saturated carbocycles. The van der Waals surface area contributed by atoms with Crippen LogP contribution in [-0.2, 0) is 0 Å². The fraction of sp³-hybridized carbons (Fsp3) is 0.211. The van der Waals surface area contributed by atoms with E-state index in [9.17, 15) is 0 Å². The van der Waals surface area contributed by atoms with E-state index in [0.29, 0.717) is 0 Å². The highest BCUT2D eigenvalue weighted by Gasteiger charge is 2.25. The number of ether oxygens (including phenoxy) is 3. The molecule has 5 nitrogen and oxygen atoms in total. The molecule has 0 aliphatic heterocycles. The lowest BCUT2D eigenvalue weighted by molar-refractivity contribution is 0.396. The summed E-state index contributed by atoms with van der Waals surface area (Å²) in [4.78, 5) is 4.51. The van der Waals surface area contributed by atoms with Crippen LogP contribution in [0.4, 0.5) is 34.1 Å². The van der Waals surface area contributed by atoms with Gasteiger partial charge in [-0.3, -0.25) is 0 Å². The van der Waals surface area contributed by atoms with Crippen LogP contribution in [0.1, 0.15) is 27.8 Å². The van der Waals surface area contributed by atoms with E-state index >= 15 is 0 Å². The van der Waals surface area contributed by atoms with Crippen LogP contribution in [0.25, 0.3) is 0 Å². The molecule has 43 heavy (non-hydrogen) atoms. The molecular formula is C38H40N2O3. The molecule has 0 radical (unpaired) electrons. The van der Waals surface area contributed by atoms with Gasteiger partial charge in [0.05, 0.1) is 27.0 Å². The molecule has 0 aliphatic rings. The van der Waals surface area contributed by atoms with Gasteiger partial charge in [0.25, 0.3) is 0 Å². The van der Waals surface area contributed by atoms with Gasteiger partial charge in [-0.25, -0.2) is 0 Å². The van der Waals surface area contributed by atoms with E-state index in [1.165, 1.54) is 11.1 Å². The van der Waals surface area contributed by atoms with Gasteiger partial charge in [-0.05, 0) is 124 Å². The van der Waals surface area contributed by atoms with Crippen molar-refractivity contribution in [1.29, 1.82) is 0 Å². The van der Waals surface area contributed by atoms with Crippen LogP contribution in [0.2, 0.25) is 0 Å². The predicted molar refractivity (Wildman–Crippen MR) is 179 cm³/mol. The lowest BCUT2D eigenvalue weighted by Gasteiger charge is -2.32. The molecule has 220 valence electrons. The SMILES string of the molecule is COc1cc(C)c(N(c2ccc(N(c3ccc(C)cc3)c3ccc(C)cc3)cc2)c2c(OC)cc(C)cc2OC)c(C)c1. The van der Waals surface area contributed by atoms with Crippen LogP contribution in [-0.4, -0.2) is 21.3 Å². The molecular weight excluding hydrogens is 532 g/mol. The van der Waals surface area contributed by atoms with Crippen LogP contribution in [0.15, 0.2) is 97.1 Å². The number of methoxy groups -OCH3 is 3. The summed E-state index contributed by atoms with van der Waals surface area (Å²) in [5, 5.41) is 0. The Hall–Kier alpha value is -4.90. The monoisotopic (exact) mass is 572 g/mol. The average molecular weight is 573 g/mol. The van der Waals surface area contributed by atoms with Crippen molar-refractivity contribution < 1.29 is 14.2 Å². The van der Waals surface area contributed by atoms with Gasteiger partial charge in [0.15, 0.2) is 0 Å². The van der Waals surface area contributed by atoms with Gasteiger partial charge in [-0.2, -0.15) is 0 Å². The molecule has 0 fully saturated rings. The molecule has 0 spiro atoms. The summed E-state index contributed by atoms with van der Waals surface area (Å²) in [6.07, 6.45) is 0. The minimum absolute atomic E-state index is 0.733. The highest BCUT2D eigenvalue weighted by Crippen LogP contribution is 2.49. The van der Waals surface area contributed by atoms with E-state index in [0.717, 1.165) is 68.1 Å². The second-order valence-corrected chi connectivity index (χ2v) is 11.0. The van der Waals surface area contributed by atoms with E-state index in [1.54, 1.807) is 21.3 Å². The van der Waals surface area contributed by atoms with Crippen LogP contribution in [0.3, 0.4) is 0 Å². The Morgan fingerprint density at radius 3 is 1.14 bits per heavy atom. The van der Waals surface area contributed by atoms with Crippen molar-refractivity contribution in [3.63, 3.8) is 0 Å². The molecule has 5 heteroatoms. The van der Waals surface area contributed by atoms with E-state index in [2.05, 4.69) is 122 Å². The van der Waals surface area contributed by atoms with Crippen LogP contribution in [0.5, 0.6) is 17.2 Å². The quantitative estimate of drug-likeness (QED) is 0.176. The molecule has 5 aromatic carbocycles. The van der Waals surface area contributed by atoms with Gasteiger partial charge in [0, 0.05) is 22.7 Å². The summed E-state index contributed by atoms with van der Waals surface area (Å²) < 4.78 is 17.5. The van der Waals surface area contributed by atoms with Gasteiger partial charge < -0.3 is 24.0 Å². The van der Waals surface area contributed by atoms with Crippen molar-refractivity contribution in [2.45, 2.75) is 34.6 Å². The Kier molecular flexibility index (Phi) is 8.63. The van der Waals surface area contributed by atoms with Crippen molar-refractivity contribution in [3.05, 3.63) is 125 Å². The first-order chi connectivity index (χ1) is 20.7. The smallest absolute Gasteiger partial charge is 0.146 e. The van der Waals surface area contributed by atoms with Crippen molar-refractivity contribution in [2.75, 3.05) is 31.1 Å². The Balaban J connectivity index is 1.71. The maximum atomic E-state index is 5.96. The highest BCUT2D eigenvalue weighted by atomic mass is 16.5. The van der Waals surface area contributed by atoms with Crippen LogP contribution in [0, 0.1) is 34.6 Å². The number of benzene rings is 5. The van der Waals surface area contributed by atoms with Crippen molar-refractivity contribution in [3.8, 4) is 17.2 Å². The third kappa shape index (κ3) is 6.02. The molecule has 5 rings (SSSR count). The predicted octanol–water partition coefficient (Wildman–Crippen LogP) is 10.2. The zero-order chi connectivity index (χ0) is 30.7. The molecule has 0 unspecified atom stereocenters. The summed E-state index contributed by atoms with van der Waals surface area (Å²) in [6, 6.07) is 34.2. The fourth-order valence-corrected chi connectivity index (χ4v) is 5.59. The van der Waals surface area contributed by atoms with Crippen LogP contribution < -0.4 is 24.0 Å². The van der Waals surface area contributed by atoms with E-state index < -0.39 is 0 Å². The highest BCUT2D eigenvalue weighted by molar-refractivity contribution is 5.88. The topological polar surface area (TPSA) is 34.2 Å². The fourth-order valence-electron chi connectivity index (χ4n) is 5.59. The lowest BCUT2D eigenvalue weighted by Crippen LogP contribution is -2.16. The van der Waals surface area contributed by atoms with E-state index in [4.69, 9.17) is 14.2 Å². The first-order valence-corrected chi connectivity index (χ1v) is 14.5. The van der Waals surface area contributed by atoms with Gasteiger partial charge in [-0.15, -0.1) is 0 Å². The molecule has 0 aromatic heterocycles. The van der Waals surface area contributed by atoms with Gasteiger partial charge in [0.1, 0.15) is 22.9 Å². The second-order valence-electron chi connectivity index (χ2n) is 11.0. The van der Waals surface area contributed by atoms with E-state index in [-0.39, 0.29) is 0 Å². The third-order valence-electron chi connectivity index (χ3n) is 7.72. The summed E-state index contributed by atoms with van der Waals surface area (Å²) in [6.45, 7) is 10.5. The molecule has 5 aromatic rings. The maximum absolute atomic E-state index is 5.96. The molecule has 0 aliphatic carbocycles. The Bertz CT molecular complexity index is 1620. The first kappa shape index (κ1) is 29.6. The average Bonchev–Trinajstić information content (AvgIpc) is 3.01. The van der Waals surface area contributed by atoms with Gasteiger partial charge >= 0.3 is 0 Å². The van der Waals surface area contributed by atoms with Gasteiger partial charge in [-0.1, -0.05) is 35.4 Å². The molecule has 0 amide bonds. The molecule has 0 heterocycles. The summed E-state index contributed by atoms with van der Waals surface area (Å²) in [7, 11) is 5.10. The van der Waals surface area contributed by atoms with Crippen molar-refractivity contribution >= 4 is 34.1 Å². The first-order valence-electron chi connectivity index (χ1n) is 14.5. The van der Waals surface area contributed by atoms with E-state index in [1.807, 2.05) is 19.1 Å². The number of rotatable bonds is 9. The summed E-state index contributed by atoms with van der Waals surface area (Å²) in [5.74, 6) is 2.29. The molecule has 0 saturated heterocycles. The van der Waals surface area contributed by atoms with Crippen LogP contribution >= 0.6 is 0 Å². The summed E-state index contributed by atoms with van der Waals surface area (Å²) in [5.41, 5.74) is 11.8. The number of hydrogen-bond donors (Lipinski definition) is 0. The van der Waals surface area contributed by atoms with Crippen molar-refractivity contribution in [2.24, 2.45) is 0 Å². The van der Waals surface area contributed by atoms with Gasteiger partial charge in [0.2, 0.25) is 0 Å². The zero-order valence-corrected chi connectivity index (χ0v) is 26.4. The zero-order valence-electron chi connectivity index (χ0n) is 26.4. The largest absolute Gasteiger partial charge is 0.497 e. The molecule has 0 atom stereocenters. The normalized spacial score (nSPS) is 10.8. The number of anilines is 6. The minimum atomic E-state index is 0.733. The Morgan fingerprint density at radius 2 is 0.767 bits per heavy atom. The minimum Gasteiger partial charge on any atom is -0.497 e. The second kappa shape index (κ2) is 12.5. The Labute approximate surface area is 255 Å². The lowest BCUT2D eigenvalue weighted by atomic mass is 10.0. The molecule has 0 bridgehead atoms.